The van der Waals surface area contributed by atoms with Crippen LogP contribution in [0.2, 0.25) is 5.02 Å². The van der Waals surface area contributed by atoms with Crippen LogP contribution in [0.25, 0.3) is 10.1 Å². The van der Waals surface area contributed by atoms with Gasteiger partial charge < -0.3 is 10.2 Å². The number of piperazine rings is 1. The number of amides is 2. The number of rotatable bonds is 6. The van der Waals surface area contributed by atoms with E-state index in [9.17, 15) is 29.8 Å². The van der Waals surface area contributed by atoms with Crippen molar-refractivity contribution in [2.45, 2.75) is 0 Å². The summed E-state index contributed by atoms with van der Waals surface area (Å²) in [7, 11) is 0. The Balaban J connectivity index is 1.37. The van der Waals surface area contributed by atoms with Crippen LogP contribution in [-0.4, -0.2) is 64.2 Å². The van der Waals surface area contributed by atoms with Crippen LogP contribution in [0.4, 0.5) is 17.1 Å². The number of carbonyl (C=O) groups is 2. The van der Waals surface area contributed by atoms with E-state index in [2.05, 4.69) is 5.32 Å². The number of nitro groups is 2. The Kier molecular flexibility index (Phi) is 6.72. The summed E-state index contributed by atoms with van der Waals surface area (Å²) in [5.74, 6) is -0.652. The number of hydrogen-bond acceptors (Lipinski definition) is 8. The van der Waals surface area contributed by atoms with Gasteiger partial charge in [-0.05, 0) is 12.1 Å². The van der Waals surface area contributed by atoms with Gasteiger partial charge in [0.2, 0.25) is 5.91 Å². The molecule has 0 aliphatic carbocycles. The Morgan fingerprint density at radius 3 is 2.41 bits per heavy atom. The first-order chi connectivity index (χ1) is 16.2. The standard InChI is InChI=1S/C21H18ClN5O6S/c22-19-14-6-5-13(26(30)31)11-17(14)34-20(19)21(29)25-9-7-24(8-10-25)12-18(28)23-15-3-1-2-4-16(15)27(32)33/h1-6,11H,7-10,12H2,(H,23,28). The molecule has 1 saturated heterocycles. The number of nitrogens with zero attached hydrogens (tertiary/aromatic N) is 4. The third-order valence-electron chi connectivity index (χ3n) is 5.42. The number of nitrogens with one attached hydrogen (secondary N) is 1. The van der Waals surface area contributed by atoms with Gasteiger partial charge in [-0.25, -0.2) is 0 Å². The van der Waals surface area contributed by atoms with Crippen molar-refractivity contribution >= 4 is 61.9 Å². The fraction of sp³-hybridized carbons (Fsp3) is 0.238. The molecule has 2 heterocycles. The normalized spacial score (nSPS) is 14.2. The van der Waals surface area contributed by atoms with Crippen LogP contribution in [0.1, 0.15) is 9.67 Å². The minimum absolute atomic E-state index is 0.0292. The van der Waals surface area contributed by atoms with Crippen LogP contribution < -0.4 is 5.32 Å². The summed E-state index contributed by atoms with van der Waals surface area (Å²) >= 11 is 7.51. The molecule has 34 heavy (non-hydrogen) atoms. The summed E-state index contributed by atoms with van der Waals surface area (Å²) < 4.78 is 0.563. The van der Waals surface area contributed by atoms with Gasteiger partial charge in [0.25, 0.3) is 17.3 Å². The van der Waals surface area contributed by atoms with Gasteiger partial charge in [0, 0.05) is 54.5 Å². The summed E-state index contributed by atoms with van der Waals surface area (Å²) in [5, 5.41) is 25.5. The zero-order valence-corrected chi connectivity index (χ0v) is 19.2. The topological polar surface area (TPSA) is 139 Å². The number of nitro benzene ring substituents is 2. The molecule has 1 N–H and O–H groups in total. The van der Waals surface area contributed by atoms with Crippen LogP contribution in [0.5, 0.6) is 0 Å². The third-order valence-corrected chi connectivity index (χ3v) is 7.06. The first kappa shape index (κ1) is 23.5. The summed E-state index contributed by atoms with van der Waals surface area (Å²) in [4.78, 5) is 50.3. The molecule has 176 valence electrons. The highest BCUT2D eigenvalue weighted by molar-refractivity contribution is 7.21. The lowest BCUT2D eigenvalue weighted by Crippen LogP contribution is -2.50. The molecule has 1 aliphatic heterocycles. The highest BCUT2D eigenvalue weighted by Gasteiger charge is 2.27. The Morgan fingerprint density at radius 2 is 1.74 bits per heavy atom. The number of benzene rings is 2. The molecule has 1 fully saturated rings. The van der Waals surface area contributed by atoms with Crippen LogP contribution in [0.15, 0.2) is 42.5 Å². The molecule has 0 unspecified atom stereocenters. The molecule has 1 aliphatic rings. The van der Waals surface area contributed by atoms with Crippen molar-refractivity contribution in [1.29, 1.82) is 0 Å². The highest BCUT2D eigenvalue weighted by atomic mass is 35.5. The van der Waals surface area contributed by atoms with E-state index in [0.29, 0.717) is 41.1 Å². The van der Waals surface area contributed by atoms with Crippen molar-refractivity contribution in [2.24, 2.45) is 0 Å². The molecule has 13 heteroatoms. The van der Waals surface area contributed by atoms with E-state index < -0.39 is 9.85 Å². The van der Waals surface area contributed by atoms with E-state index >= 15 is 0 Å². The molecule has 0 spiro atoms. The zero-order valence-electron chi connectivity index (χ0n) is 17.6. The Hall–Kier alpha value is -3.61. The number of hydrogen-bond donors (Lipinski definition) is 1. The van der Waals surface area contributed by atoms with Crippen LogP contribution >= 0.6 is 22.9 Å². The molecule has 2 amide bonds. The van der Waals surface area contributed by atoms with Gasteiger partial charge in [0.05, 0.1) is 21.4 Å². The Labute approximate surface area is 201 Å². The maximum atomic E-state index is 13.0. The van der Waals surface area contributed by atoms with Gasteiger partial charge in [-0.1, -0.05) is 23.7 Å². The molecule has 0 bridgehead atoms. The van der Waals surface area contributed by atoms with Crippen LogP contribution in [0, 0.1) is 20.2 Å². The van der Waals surface area contributed by atoms with E-state index in [1.54, 1.807) is 11.0 Å². The fourth-order valence-corrected chi connectivity index (χ4v) is 5.20. The molecule has 11 nitrogen and oxygen atoms in total. The lowest BCUT2D eigenvalue weighted by atomic mass is 10.2. The van der Waals surface area contributed by atoms with Crippen molar-refractivity contribution in [3.63, 3.8) is 0 Å². The molecule has 4 rings (SSSR count). The molecular formula is C21H18ClN5O6S. The van der Waals surface area contributed by atoms with Crippen molar-refractivity contribution in [2.75, 3.05) is 38.0 Å². The second-order valence-corrected chi connectivity index (χ2v) is 9.00. The number of carbonyl (C=O) groups excluding carboxylic acids is 2. The summed E-state index contributed by atoms with van der Waals surface area (Å²) in [6, 6.07) is 10.2. The Morgan fingerprint density at radius 1 is 1.03 bits per heavy atom. The minimum Gasteiger partial charge on any atom is -0.335 e. The number of non-ortho nitro benzene ring substituents is 1. The molecule has 2 aromatic carbocycles. The lowest BCUT2D eigenvalue weighted by Gasteiger charge is -2.34. The molecule has 0 atom stereocenters. The number of halogens is 1. The molecule has 3 aromatic rings. The van der Waals surface area contributed by atoms with Crippen molar-refractivity contribution in [1.82, 2.24) is 9.80 Å². The number of para-hydroxylation sites is 2. The number of anilines is 1. The SMILES string of the molecule is O=C(CN1CCN(C(=O)c2sc3cc([N+](=O)[O-])ccc3c2Cl)CC1)Nc1ccccc1[N+](=O)[O-]. The summed E-state index contributed by atoms with van der Waals surface area (Å²) in [5.41, 5.74) is -0.125. The largest absolute Gasteiger partial charge is 0.335 e. The predicted octanol–water partition coefficient (Wildman–Crippen LogP) is 3.77. The second-order valence-electron chi connectivity index (χ2n) is 7.57. The summed E-state index contributed by atoms with van der Waals surface area (Å²) in [6.45, 7) is 1.63. The van der Waals surface area contributed by atoms with Gasteiger partial charge >= 0.3 is 0 Å². The van der Waals surface area contributed by atoms with Gasteiger partial charge in [-0.2, -0.15) is 0 Å². The zero-order chi connectivity index (χ0) is 24.4. The first-order valence-electron chi connectivity index (χ1n) is 10.2. The van der Waals surface area contributed by atoms with E-state index in [-0.39, 0.29) is 40.4 Å². The van der Waals surface area contributed by atoms with E-state index in [4.69, 9.17) is 11.6 Å². The second kappa shape index (κ2) is 9.71. The van der Waals surface area contributed by atoms with Gasteiger partial charge in [0.15, 0.2) is 0 Å². The first-order valence-corrected chi connectivity index (χ1v) is 11.4. The van der Waals surface area contributed by atoms with E-state index in [1.165, 1.54) is 36.4 Å². The lowest BCUT2D eigenvalue weighted by molar-refractivity contribution is -0.384. The van der Waals surface area contributed by atoms with Crippen molar-refractivity contribution in [3.05, 3.63) is 72.6 Å². The monoisotopic (exact) mass is 503 g/mol. The summed E-state index contributed by atoms with van der Waals surface area (Å²) in [6.07, 6.45) is 0. The van der Waals surface area contributed by atoms with Crippen molar-refractivity contribution in [3.8, 4) is 0 Å². The van der Waals surface area contributed by atoms with Gasteiger partial charge in [0.1, 0.15) is 10.6 Å². The highest BCUT2D eigenvalue weighted by Crippen LogP contribution is 2.38. The number of fused-ring (bicyclic) bond motifs is 1. The van der Waals surface area contributed by atoms with Crippen LogP contribution in [-0.2, 0) is 4.79 Å². The quantitative estimate of drug-likeness (QED) is 0.399. The fourth-order valence-electron chi connectivity index (χ4n) is 3.69. The molecule has 0 saturated carbocycles. The van der Waals surface area contributed by atoms with Crippen molar-refractivity contribution < 1.29 is 19.4 Å². The van der Waals surface area contributed by atoms with E-state index in [1.807, 2.05) is 4.90 Å². The molecule has 1 aromatic heterocycles. The van der Waals surface area contributed by atoms with Gasteiger partial charge in [-0.3, -0.25) is 34.7 Å². The molecular weight excluding hydrogens is 486 g/mol. The minimum atomic E-state index is -0.558. The maximum absolute atomic E-state index is 13.0. The average Bonchev–Trinajstić information content (AvgIpc) is 3.15. The molecule has 0 radical (unpaired) electrons. The third kappa shape index (κ3) is 4.83. The Bertz CT molecular complexity index is 1300. The maximum Gasteiger partial charge on any atom is 0.292 e. The van der Waals surface area contributed by atoms with Crippen LogP contribution in [0.3, 0.4) is 0 Å². The number of thiophene rings is 1. The predicted molar refractivity (Wildman–Crippen MR) is 128 cm³/mol. The average molecular weight is 504 g/mol. The van der Waals surface area contributed by atoms with Gasteiger partial charge in [-0.15, -0.1) is 11.3 Å². The smallest absolute Gasteiger partial charge is 0.292 e. The van der Waals surface area contributed by atoms with E-state index in [0.717, 1.165) is 11.3 Å².